The molecule has 0 bridgehead atoms. The number of rotatable bonds is 2. The maximum atomic E-state index is 15.3. The molecule has 5 rings (SSSR count). The molecule has 0 heterocycles. The van der Waals surface area contributed by atoms with Gasteiger partial charge in [-0.05, 0) is 10.8 Å². The van der Waals surface area contributed by atoms with E-state index in [2.05, 4.69) is 0 Å². The summed E-state index contributed by atoms with van der Waals surface area (Å²) < 4.78 is 203. The Morgan fingerprint density at radius 2 is 0.475 bits per heavy atom. The van der Waals surface area contributed by atoms with Gasteiger partial charge in [-0.1, -0.05) is 24.3 Å². The lowest BCUT2D eigenvalue weighted by molar-refractivity contribution is 0.381. The zero-order valence-electron chi connectivity index (χ0n) is 18.6. The van der Waals surface area contributed by atoms with Gasteiger partial charge in [0, 0.05) is 21.9 Å². The lowest BCUT2D eigenvalue weighted by Crippen LogP contribution is -2.09. The van der Waals surface area contributed by atoms with E-state index in [1.54, 1.807) is 0 Å². The SMILES string of the molecule is Fc1c(F)c(F)c(-c2c3ccccc3c(-c3c(F)c(F)c(F)c(F)c3F)c3c(F)c(F)c(F)c(F)c23)c(F)c1F. The fraction of sp³-hybridized carbons (Fsp3) is 0. The molecule has 14 heteroatoms. The second kappa shape index (κ2) is 9.10. The monoisotopic (exact) mass is 582 g/mol. The Kier molecular flexibility index (Phi) is 6.19. The molecule has 0 nitrogen and oxygen atoms in total. The van der Waals surface area contributed by atoms with Crippen molar-refractivity contribution in [1.82, 2.24) is 0 Å². The van der Waals surface area contributed by atoms with Crippen LogP contribution in [0.3, 0.4) is 0 Å². The van der Waals surface area contributed by atoms with Crippen molar-refractivity contribution >= 4 is 21.5 Å². The molecular weight excluding hydrogens is 578 g/mol. The van der Waals surface area contributed by atoms with Crippen molar-refractivity contribution in [3.63, 3.8) is 0 Å². The molecule has 0 fully saturated rings. The van der Waals surface area contributed by atoms with Crippen LogP contribution in [-0.2, 0) is 0 Å². The standard InChI is InChI=1S/C26H4F14/c27-13-9-7(11-15(29)21(35)25(39)22(36)16(11)30)5-3-1-2-4-6(5)8(10(9)14(28)20(34)19(13)33)12-17(31)23(37)26(40)24(38)18(12)32/h1-4H. The van der Waals surface area contributed by atoms with Gasteiger partial charge in [-0.3, -0.25) is 0 Å². The first kappa shape index (κ1) is 27.2. The highest BCUT2D eigenvalue weighted by atomic mass is 19.2. The van der Waals surface area contributed by atoms with Crippen molar-refractivity contribution in [1.29, 1.82) is 0 Å². The van der Waals surface area contributed by atoms with E-state index in [9.17, 15) is 52.7 Å². The van der Waals surface area contributed by atoms with Crippen molar-refractivity contribution < 1.29 is 61.5 Å². The minimum absolute atomic E-state index is 0.691. The first-order valence-electron chi connectivity index (χ1n) is 10.5. The van der Waals surface area contributed by atoms with Crippen molar-refractivity contribution in [2.45, 2.75) is 0 Å². The molecule has 0 saturated heterocycles. The number of halogens is 14. The Labute approximate surface area is 211 Å². The number of benzene rings is 5. The van der Waals surface area contributed by atoms with Crippen LogP contribution in [0.15, 0.2) is 24.3 Å². The largest absolute Gasteiger partial charge is 0.203 e. The molecule has 0 spiro atoms. The minimum atomic E-state index is -2.70. The Morgan fingerprint density at radius 1 is 0.250 bits per heavy atom. The summed E-state index contributed by atoms with van der Waals surface area (Å²) in [7, 11) is 0. The Hall–Kier alpha value is -4.36. The molecule has 206 valence electrons. The molecule has 5 aromatic carbocycles. The molecule has 0 unspecified atom stereocenters. The van der Waals surface area contributed by atoms with E-state index in [0.717, 1.165) is 12.1 Å². The van der Waals surface area contributed by atoms with Gasteiger partial charge >= 0.3 is 0 Å². The van der Waals surface area contributed by atoms with E-state index < -0.39 is 125 Å². The van der Waals surface area contributed by atoms with Crippen LogP contribution in [0.2, 0.25) is 0 Å². The van der Waals surface area contributed by atoms with Crippen LogP contribution in [0.25, 0.3) is 43.8 Å². The summed E-state index contributed by atoms with van der Waals surface area (Å²) in [5.41, 5.74) is -7.01. The van der Waals surface area contributed by atoms with Crippen LogP contribution >= 0.6 is 0 Å². The Morgan fingerprint density at radius 3 is 0.750 bits per heavy atom. The van der Waals surface area contributed by atoms with Gasteiger partial charge in [-0.15, -0.1) is 0 Å². The van der Waals surface area contributed by atoms with Crippen LogP contribution in [0, 0.1) is 81.4 Å². The summed E-state index contributed by atoms with van der Waals surface area (Å²) >= 11 is 0. The van der Waals surface area contributed by atoms with Gasteiger partial charge in [0.15, 0.2) is 69.8 Å². The molecule has 0 saturated carbocycles. The van der Waals surface area contributed by atoms with E-state index in [1.807, 2.05) is 0 Å². The molecule has 0 N–H and O–H groups in total. The second-order valence-corrected chi connectivity index (χ2v) is 8.19. The van der Waals surface area contributed by atoms with E-state index in [1.165, 1.54) is 0 Å². The van der Waals surface area contributed by atoms with Gasteiger partial charge in [0.05, 0.1) is 11.1 Å². The topological polar surface area (TPSA) is 0 Å². The highest BCUT2D eigenvalue weighted by Crippen LogP contribution is 2.49. The highest BCUT2D eigenvalue weighted by molar-refractivity contribution is 6.22. The normalized spacial score (nSPS) is 11.8. The van der Waals surface area contributed by atoms with Gasteiger partial charge in [0.1, 0.15) is 0 Å². The number of hydrogen-bond donors (Lipinski definition) is 0. The quantitative estimate of drug-likeness (QED) is 0.0843. The zero-order valence-corrected chi connectivity index (χ0v) is 18.6. The Bertz CT molecular complexity index is 1750. The third-order valence-electron chi connectivity index (χ3n) is 6.15. The molecule has 0 radical (unpaired) electrons. The molecule has 0 aromatic heterocycles. The van der Waals surface area contributed by atoms with E-state index >= 15 is 8.78 Å². The first-order valence-corrected chi connectivity index (χ1v) is 10.5. The summed E-state index contributed by atoms with van der Waals surface area (Å²) in [6, 6.07) is 3.27. The lowest BCUT2D eigenvalue weighted by Gasteiger charge is -2.21. The summed E-state index contributed by atoms with van der Waals surface area (Å²) in [4.78, 5) is 0. The predicted octanol–water partition coefficient (Wildman–Crippen LogP) is 9.27. The second-order valence-electron chi connectivity index (χ2n) is 8.19. The van der Waals surface area contributed by atoms with Crippen molar-refractivity contribution in [2.75, 3.05) is 0 Å². The summed E-state index contributed by atoms with van der Waals surface area (Å²) in [5, 5.41) is -5.56. The molecule has 0 aliphatic carbocycles. The molecular formula is C26H4F14. The first-order chi connectivity index (χ1) is 18.7. The van der Waals surface area contributed by atoms with E-state index in [4.69, 9.17) is 0 Å². The lowest BCUT2D eigenvalue weighted by atomic mass is 9.84. The van der Waals surface area contributed by atoms with Crippen molar-refractivity contribution in [2.24, 2.45) is 0 Å². The van der Waals surface area contributed by atoms with Gasteiger partial charge in [-0.25, -0.2) is 61.5 Å². The van der Waals surface area contributed by atoms with Crippen molar-refractivity contribution in [3.05, 3.63) is 106 Å². The van der Waals surface area contributed by atoms with Gasteiger partial charge in [0.25, 0.3) is 0 Å². The van der Waals surface area contributed by atoms with Crippen molar-refractivity contribution in [3.8, 4) is 22.3 Å². The van der Waals surface area contributed by atoms with Gasteiger partial charge in [0.2, 0.25) is 11.6 Å². The van der Waals surface area contributed by atoms with Crippen LogP contribution in [0.1, 0.15) is 0 Å². The van der Waals surface area contributed by atoms with Crippen LogP contribution in [-0.4, -0.2) is 0 Å². The van der Waals surface area contributed by atoms with Gasteiger partial charge < -0.3 is 0 Å². The number of fused-ring (bicyclic) bond motifs is 2. The molecule has 40 heavy (non-hydrogen) atoms. The number of hydrogen-bond acceptors (Lipinski definition) is 0. The van der Waals surface area contributed by atoms with Gasteiger partial charge in [-0.2, -0.15) is 0 Å². The third kappa shape index (κ3) is 3.40. The molecule has 0 aliphatic heterocycles. The van der Waals surface area contributed by atoms with Crippen LogP contribution < -0.4 is 0 Å². The maximum Gasteiger partial charge on any atom is 0.200 e. The smallest absolute Gasteiger partial charge is 0.200 e. The summed E-state index contributed by atoms with van der Waals surface area (Å²) in [6.45, 7) is 0. The zero-order chi connectivity index (χ0) is 29.5. The Balaban J connectivity index is 2.22. The molecule has 0 atom stereocenters. The molecule has 0 amide bonds. The fourth-order valence-electron chi connectivity index (χ4n) is 4.46. The summed E-state index contributed by atoms with van der Waals surface area (Å²) in [5.74, 6) is -36.9. The van der Waals surface area contributed by atoms with E-state index in [0.29, 0.717) is 12.1 Å². The molecule has 5 aromatic rings. The summed E-state index contributed by atoms with van der Waals surface area (Å²) in [6.07, 6.45) is 0. The molecule has 0 aliphatic rings. The van der Waals surface area contributed by atoms with E-state index in [-0.39, 0.29) is 0 Å². The predicted molar refractivity (Wildman–Crippen MR) is 112 cm³/mol. The minimum Gasteiger partial charge on any atom is -0.203 e. The maximum absolute atomic E-state index is 15.3. The van der Waals surface area contributed by atoms with Crippen LogP contribution in [0.5, 0.6) is 0 Å². The highest BCUT2D eigenvalue weighted by Gasteiger charge is 2.36. The van der Waals surface area contributed by atoms with Crippen LogP contribution in [0.4, 0.5) is 61.5 Å². The average Bonchev–Trinajstić information content (AvgIpc) is 2.95. The average molecular weight is 582 g/mol. The third-order valence-corrected chi connectivity index (χ3v) is 6.15. The fourth-order valence-corrected chi connectivity index (χ4v) is 4.46.